The van der Waals surface area contributed by atoms with E-state index < -0.39 is 10.0 Å². The zero-order valence-electron chi connectivity index (χ0n) is 15.8. The number of benzene rings is 2. The van der Waals surface area contributed by atoms with Crippen molar-refractivity contribution in [2.75, 3.05) is 0 Å². The maximum Gasteiger partial charge on any atom is 0.268 e. The van der Waals surface area contributed by atoms with Crippen LogP contribution in [0.1, 0.15) is 29.7 Å². The molecule has 1 N–H and O–H groups in total. The number of aromatic nitrogens is 2. The van der Waals surface area contributed by atoms with Gasteiger partial charge in [-0.05, 0) is 68.5 Å². The highest BCUT2D eigenvalue weighted by molar-refractivity contribution is 7.90. The predicted molar refractivity (Wildman–Crippen MR) is 112 cm³/mol. The molecule has 0 saturated heterocycles. The lowest BCUT2D eigenvalue weighted by atomic mass is 9.98. The summed E-state index contributed by atoms with van der Waals surface area (Å²) in [4.78, 5) is 3.80. The van der Waals surface area contributed by atoms with Gasteiger partial charge < -0.3 is 4.98 Å². The summed E-state index contributed by atoms with van der Waals surface area (Å²) >= 11 is 0. The van der Waals surface area contributed by atoms with Gasteiger partial charge in [-0.15, -0.1) is 0 Å². The first-order valence-electron chi connectivity index (χ1n) is 9.68. The fourth-order valence-corrected chi connectivity index (χ4v) is 5.66. The Balaban J connectivity index is 1.77. The van der Waals surface area contributed by atoms with Gasteiger partial charge in [0, 0.05) is 11.1 Å². The number of hydrogen-bond donors (Lipinski definition) is 1. The Labute approximate surface area is 164 Å². The molecule has 2 heterocycles. The summed E-state index contributed by atoms with van der Waals surface area (Å²) in [5, 5.41) is 0.917. The zero-order chi connectivity index (χ0) is 19.3. The molecule has 0 radical (unpaired) electrons. The van der Waals surface area contributed by atoms with Crippen molar-refractivity contribution in [1.29, 1.82) is 0 Å². The van der Waals surface area contributed by atoms with E-state index in [1.807, 2.05) is 49.4 Å². The quantitative estimate of drug-likeness (QED) is 0.531. The van der Waals surface area contributed by atoms with Crippen LogP contribution in [0.15, 0.2) is 65.6 Å². The van der Waals surface area contributed by atoms with Crippen LogP contribution in [0.3, 0.4) is 0 Å². The van der Waals surface area contributed by atoms with Crippen LogP contribution in [0.4, 0.5) is 0 Å². The molecule has 1 aliphatic rings. The van der Waals surface area contributed by atoms with Crippen LogP contribution >= 0.6 is 0 Å². The standard InChI is InChI=1S/C23H22N2O2S/c1-16-10-12-19(13-11-16)28(26,27)25-22-9-5-3-7-18(22)15-23(25)21-14-17-6-2-4-8-20(17)24-21/h3,5,7,9-15,24H,2,4,6,8H2,1H3. The number of para-hydroxylation sites is 1. The molecule has 0 amide bonds. The maximum atomic E-state index is 13.6. The molecule has 28 heavy (non-hydrogen) atoms. The molecule has 0 unspecified atom stereocenters. The van der Waals surface area contributed by atoms with Crippen molar-refractivity contribution in [3.05, 3.63) is 77.5 Å². The topological polar surface area (TPSA) is 54.9 Å². The second-order valence-electron chi connectivity index (χ2n) is 7.56. The molecule has 0 fully saturated rings. The van der Waals surface area contributed by atoms with Gasteiger partial charge in [-0.2, -0.15) is 0 Å². The molecule has 0 saturated carbocycles. The van der Waals surface area contributed by atoms with Gasteiger partial charge in [0.2, 0.25) is 0 Å². The van der Waals surface area contributed by atoms with Crippen LogP contribution < -0.4 is 0 Å². The van der Waals surface area contributed by atoms with Crippen LogP contribution in [-0.4, -0.2) is 17.4 Å². The Bertz CT molecular complexity index is 1250. The predicted octanol–water partition coefficient (Wildman–Crippen LogP) is 5.06. The molecule has 1 aliphatic carbocycles. The monoisotopic (exact) mass is 390 g/mol. The first-order valence-corrected chi connectivity index (χ1v) is 11.1. The molecular weight excluding hydrogens is 368 g/mol. The molecule has 5 rings (SSSR count). The minimum absolute atomic E-state index is 0.303. The van der Waals surface area contributed by atoms with E-state index in [0.717, 1.165) is 29.5 Å². The summed E-state index contributed by atoms with van der Waals surface area (Å²) in [5.74, 6) is 0. The van der Waals surface area contributed by atoms with E-state index in [9.17, 15) is 8.42 Å². The SMILES string of the molecule is Cc1ccc(S(=O)(=O)n2c(-c3cc4c([nH]3)CCCC4)cc3ccccc32)cc1. The number of H-pyrrole nitrogens is 1. The third kappa shape index (κ3) is 2.69. The third-order valence-corrected chi connectivity index (χ3v) is 7.36. The Hall–Kier alpha value is -2.79. The Morgan fingerprint density at radius 1 is 0.929 bits per heavy atom. The van der Waals surface area contributed by atoms with E-state index in [4.69, 9.17) is 0 Å². The molecule has 0 spiro atoms. The van der Waals surface area contributed by atoms with Gasteiger partial charge in [-0.25, -0.2) is 12.4 Å². The van der Waals surface area contributed by atoms with Crippen LogP contribution in [0.2, 0.25) is 0 Å². The van der Waals surface area contributed by atoms with Crippen molar-refractivity contribution in [1.82, 2.24) is 8.96 Å². The van der Waals surface area contributed by atoms with Crippen LogP contribution in [0.25, 0.3) is 22.3 Å². The fourth-order valence-electron chi connectivity index (χ4n) is 4.13. The number of nitrogens with one attached hydrogen (secondary N) is 1. The molecule has 2 aromatic heterocycles. The lowest BCUT2D eigenvalue weighted by Crippen LogP contribution is -2.14. The average Bonchev–Trinajstić information content (AvgIpc) is 3.30. The lowest BCUT2D eigenvalue weighted by Gasteiger charge is -2.12. The molecule has 5 heteroatoms. The summed E-state index contributed by atoms with van der Waals surface area (Å²) in [5.41, 5.74) is 5.85. The zero-order valence-corrected chi connectivity index (χ0v) is 16.6. The summed E-state index contributed by atoms with van der Waals surface area (Å²) in [6, 6.07) is 18.8. The van der Waals surface area contributed by atoms with Crippen molar-refractivity contribution in [2.45, 2.75) is 37.5 Å². The summed E-state index contributed by atoms with van der Waals surface area (Å²) in [7, 11) is -3.72. The van der Waals surface area contributed by atoms with Crippen LogP contribution in [0, 0.1) is 6.92 Å². The van der Waals surface area contributed by atoms with Gasteiger partial charge >= 0.3 is 0 Å². The second-order valence-corrected chi connectivity index (χ2v) is 9.35. The van der Waals surface area contributed by atoms with Crippen LogP contribution in [-0.2, 0) is 22.9 Å². The molecule has 0 aliphatic heterocycles. The lowest BCUT2D eigenvalue weighted by molar-refractivity contribution is 0.589. The highest BCUT2D eigenvalue weighted by Gasteiger charge is 2.25. The molecule has 142 valence electrons. The smallest absolute Gasteiger partial charge is 0.268 e. The van der Waals surface area contributed by atoms with Crippen molar-refractivity contribution < 1.29 is 8.42 Å². The third-order valence-electron chi connectivity index (χ3n) is 5.62. The van der Waals surface area contributed by atoms with E-state index in [2.05, 4.69) is 11.1 Å². The van der Waals surface area contributed by atoms with Gasteiger partial charge in [0.1, 0.15) is 0 Å². The first kappa shape index (κ1) is 17.3. The van der Waals surface area contributed by atoms with Gasteiger partial charge in [-0.1, -0.05) is 35.9 Å². The molecule has 0 atom stereocenters. The molecule has 2 aromatic carbocycles. The largest absolute Gasteiger partial charge is 0.357 e. The van der Waals surface area contributed by atoms with Gasteiger partial charge in [0.25, 0.3) is 10.0 Å². The molecule has 4 nitrogen and oxygen atoms in total. The Kier molecular flexibility index (Phi) is 3.95. The van der Waals surface area contributed by atoms with E-state index in [-0.39, 0.29) is 0 Å². The van der Waals surface area contributed by atoms with Crippen molar-refractivity contribution >= 4 is 20.9 Å². The van der Waals surface area contributed by atoms with Crippen LogP contribution in [0.5, 0.6) is 0 Å². The van der Waals surface area contributed by atoms with E-state index in [1.165, 1.54) is 28.1 Å². The van der Waals surface area contributed by atoms with Gasteiger partial charge in [-0.3, -0.25) is 0 Å². The minimum atomic E-state index is -3.72. The normalized spacial score (nSPS) is 14.3. The first-order chi connectivity index (χ1) is 13.5. The molecule has 0 bridgehead atoms. The molecular formula is C23H22N2O2S. The number of rotatable bonds is 3. The van der Waals surface area contributed by atoms with Gasteiger partial charge in [0.05, 0.1) is 21.8 Å². The van der Waals surface area contributed by atoms with Gasteiger partial charge in [0.15, 0.2) is 0 Å². The summed E-state index contributed by atoms with van der Waals surface area (Å²) in [6.07, 6.45) is 4.45. The average molecular weight is 391 g/mol. The Morgan fingerprint density at radius 3 is 2.46 bits per heavy atom. The minimum Gasteiger partial charge on any atom is -0.357 e. The maximum absolute atomic E-state index is 13.6. The highest BCUT2D eigenvalue weighted by Crippen LogP contribution is 2.34. The molecule has 4 aromatic rings. The van der Waals surface area contributed by atoms with E-state index >= 15 is 0 Å². The van der Waals surface area contributed by atoms with Crippen molar-refractivity contribution in [2.24, 2.45) is 0 Å². The van der Waals surface area contributed by atoms with E-state index in [1.54, 1.807) is 12.1 Å². The van der Waals surface area contributed by atoms with Crippen molar-refractivity contribution in [3.63, 3.8) is 0 Å². The van der Waals surface area contributed by atoms with Crippen molar-refractivity contribution in [3.8, 4) is 11.4 Å². The Morgan fingerprint density at radius 2 is 1.68 bits per heavy atom. The summed E-state index contributed by atoms with van der Waals surface area (Å²) in [6.45, 7) is 1.95. The summed E-state index contributed by atoms with van der Waals surface area (Å²) < 4.78 is 28.7. The number of fused-ring (bicyclic) bond motifs is 2. The number of aromatic amines is 1. The number of nitrogens with zero attached hydrogens (tertiary/aromatic N) is 1. The highest BCUT2D eigenvalue weighted by atomic mass is 32.2. The number of aryl methyl sites for hydroxylation is 3. The fraction of sp³-hybridized carbons (Fsp3) is 0.217. The second kappa shape index (κ2) is 6.38. The van der Waals surface area contributed by atoms with E-state index in [0.29, 0.717) is 16.1 Å². The number of hydrogen-bond acceptors (Lipinski definition) is 2.